The van der Waals surface area contributed by atoms with Crippen LogP contribution in [0.4, 0.5) is 0 Å². The standard InChI is InChI=1S/C28H35N5O6/c1-4-7-15-38-27(37)22-21-12-13-28(39-21)23(22)25(35)33(18(6-3)16-34)24(28)26(36)31(14-5-2)17-32-20-11-9-8-10-19(20)29-30-32/h4-5,8-11,18,21-24,34H,1-2,6-7,12-17H2,3H3/t18-,21-,22+,23-,24?,28?/m0/s1. The van der Waals surface area contributed by atoms with Crippen molar-refractivity contribution in [1.29, 1.82) is 0 Å². The van der Waals surface area contributed by atoms with E-state index < -0.39 is 41.6 Å². The third-order valence-corrected chi connectivity index (χ3v) is 8.27. The summed E-state index contributed by atoms with van der Waals surface area (Å²) < 4.78 is 13.6. The number of esters is 1. The van der Waals surface area contributed by atoms with Crippen LogP contribution in [-0.2, 0) is 30.5 Å². The Morgan fingerprint density at radius 1 is 1.33 bits per heavy atom. The first-order valence-corrected chi connectivity index (χ1v) is 13.5. The van der Waals surface area contributed by atoms with E-state index >= 15 is 0 Å². The van der Waals surface area contributed by atoms with Gasteiger partial charge in [-0.2, -0.15) is 0 Å². The zero-order valence-electron chi connectivity index (χ0n) is 22.1. The Hall–Kier alpha value is -3.57. The fourth-order valence-electron chi connectivity index (χ4n) is 6.51. The van der Waals surface area contributed by atoms with E-state index in [-0.39, 0.29) is 38.2 Å². The molecule has 3 aliphatic heterocycles. The lowest BCUT2D eigenvalue weighted by Crippen LogP contribution is -2.58. The highest BCUT2D eigenvalue weighted by Crippen LogP contribution is 2.59. The average molecular weight is 538 g/mol. The lowest BCUT2D eigenvalue weighted by Gasteiger charge is -2.39. The van der Waals surface area contributed by atoms with Crippen LogP contribution in [0.5, 0.6) is 0 Å². The topological polar surface area (TPSA) is 127 Å². The smallest absolute Gasteiger partial charge is 0.312 e. The number of likely N-dealkylation sites (tertiary alicyclic amines) is 1. The molecule has 208 valence electrons. The zero-order chi connectivity index (χ0) is 27.7. The Kier molecular flexibility index (Phi) is 7.55. The molecule has 3 saturated heterocycles. The molecule has 39 heavy (non-hydrogen) atoms. The number of carbonyl (C=O) groups excluding carboxylic acids is 3. The van der Waals surface area contributed by atoms with Crippen molar-refractivity contribution in [2.75, 3.05) is 19.8 Å². The first-order chi connectivity index (χ1) is 18.9. The number of benzene rings is 1. The fourth-order valence-corrected chi connectivity index (χ4v) is 6.51. The summed E-state index contributed by atoms with van der Waals surface area (Å²) in [6, 6.07) is 5.82. The van der Waals surface area contributed by atoms with E-state index in [1.807, 2.05) is 31.2 Å². The van der Waals surface area contributed by atoms with Gasteiger partial charge in [-0.25, -0.2) is 4.68 Å². The number of aliphatic hydroxyl groups is 1. The maximum atomic E-state index is 14.4. The Balaban J connectivity index is 1.51. The minimum absolute atomic E-state index is 0.0804. The molecule has 1 aromatic heterocycles. The number of amides is 2. The second kappa shape index (κ2) is 10.9. The number of aliphatic hydroxyl groups excluding tert-OH is 1. The van der Waals surface area contributed by atoms with Gasteiger partial charge in [0.15, 0.2) is 0 Å². The maximum absolute atomic E-state index is 14.4. The van der Waals surface area contributed by atoms with E-state index in [1.165, 1.54) is 4.90 Å². The molecule has 5 rings (SSSR count). The van der Waals surface area contributed by atoms with Crippen LogP contribution >= 0.6 is 0 Å². The molecule has 0 aliphatic carbocycles. The average Bonchev–Trinajstić information content (AvgIpc) is 3.69. The Morgan fingerprint density at radius 2 is 2.13 bits per heavy atom. The van der Waals surface area contributed by atoms with E-state index in [1.54, 1.807) is 21.7 Å². The van der Waals surface area contributed by atoms with Crippen LogP contribution in [0.1, 0.15) is 32.6 Å². The van der Waals surface area contributed by atoms with Gasteiger partial charge in [-0.05, 0) is 37.8 Å². The minimum atomic E-state index is -1.19. The van der Waals surface area contributed by atoms with Gasteiger partial charge in [-0.1, -0.05) is 36.4 Å². The van der Waals surface area contributed by atoms with Crippen molar-refractivity contribution < 1.29 is 29.0 Å². The van der Waals surface area contributed by atoms with Crippen molar-refractivity contribution in [2.24, 2.45) is 11.8 Å². The van der Waals surface area contributed by atoms with E-state index in [9.17, 15) is 19.5 Å². The zero-order valence-corrected chi connectivity index (χ0v) is 22.1. The highest BCUT2D eigenvalue weighted by atomic mass is 16.6. The summed E-state index contributed by atoms with van der Waals surface area (Å²) in [7, 11) is 0. The van der Waals surface area contributed by atoms with Crippen LogP contribution in [0.2, 0.25) is 0 Å². The number of fused-ring (bicyclic) bond motifs is 2. The summed E-state index contributed by atoms with van der Waals surface area (Å²) in [6.45, 7) is 9.45. The highest BCUT2D eigenvalue weighted by Gasteiger charge is 2.75. The number of nitrogens with zero attached hydrogens (tertiary/aromatic N) is 5. The molecule has 2 aromatic rings. The summed E-state index contributed by atoms with van der Waals surface area (Å²) in [5.41, 5.74) is 0.270. The number of carbonyl (C=O) groups is 3. The second-order valence-electron chi connectivity index (χ2n) is 10.4. The molecule has 1 aromatic carbocycles. The highest BCUT2D eigenvalue weighted by molar-refractivity contribution is 5.98. The van der Waals surface area contributed by atoms with Gasteiger partial charge in [0, 0.05) is 6.54 Å². The third kappa shape index (κ3) is 4.33. The Bertz CT molecular complexity index is 1270. The van der Waals surface area contributed by atoms with Gasteiger partial charge in [0.1, 0.15) is 23.8 Å². The van der Waals surface area contributed by atoms with Gasteiger partial charge in [0.25, 0.3) is 0 Å². The van der Waals surface area contributed by atoms with Crippen LogP contribution in [0.25, 0.3) is 11.0 Å². The Morgan fingerprint density at radius 3 is 2.85 bits per heavy atom. The van der Waals surface area contributed by atoms with Gasteiger partial charge in [0.2, 0.25) is 11.8 Å². The molecular weight excluding hydrogens is 502 g/mol. The van der Waals surface area contributed by atoms with Crippen molar-refractivity contribution in [3.8, 4) is 0 Å². The van der Waals surface area contributed by atoms with Gasteiger partial charge in [-0.15, -0.1) is 18.3 Å². The minimum Gasteiger partial charge on any atom is -0.465 e. The van der Waals surface area contributed by atoms with Crippen LogP contribution in [0, 0.1) is 11.8 Å². The number of hydrogen-bond acceptors (Lipinski definition) is 8. The molecule has 4 heterocycles. The first kappa shape index (κ1) is 27.0. The number of para-hydroxylation sites is 1. The molecule has 2 unspecified atom stereocenters. The number of hydrogen-bond donors (Lipinski definition) is 1. The summed E-state index contributed by atoms with van der Waals surface area (Å²) in [4.78, 5) is 44.7. The maximum Gasteiger partial charge on any atom is 0.312 e. The molecule has 11 heteroatoms. The quantitative estimate of drug-likeness (QED) is 0.246. The molecule has 3 aliphatic rings. The number of ether oxygens (including phenoxy) is 2. The lowest BCUT2D eigenvalue weighted by atomic mass is 9.70. The van der Waals surface area contributed by atoms with E-state index in [0.29, 0.717) is 31.2 Å². The van der Waals surface area contributed by atoms with Crippen molar-refractivity contribution in [3.05, 3.63) is 49.6 Å². The Labute approximate surface area is 227 Å². The summed E-state index contributed by atoms with van der Waals surface area (Å²) in [5, 5.41) is 18.6. The van der Waals surface area contributed by atoms with Crippen molar-refractivity contribution in [2.45, 2.75) is 63.1 Å². The van der Waals surface area contributed by atoms with Gasteiger partial charge in [0.05, 0.1) is 42.7 Å². The molecule has 11 nitrogen and oxygen atoms in total. The van der Waals surface area contributed by atoms with Crippen molar-refractivity contribution >= 4 is 28.8 Å². The van der Waals surface area contributed by atoms with Gasteiger partial charge < -0.3 is 24.4 Å². The monoisotopic (exact) mass is 537 g/mol. The fraction of sp³-hybridized carbons (Fsp3) is 0.536. The van der Waals surface area contributed by atoms with Crippen LogP contribution in [0.15, 0.2) is 49.6 Å². The molecule has 6 atom stereocenters. The molecule has 2 amide bonds. The first-order valence-electron chi connectivity index (χ1n) is 13.5. The summed E-state index contributed by atoms with van der Waals surface area (Å²) in [6.07, 6.45) is 4.68. The number of rotatable bonds is 12. The third-order valence-electron chi connectivity index (χ3n) is 8.27. The van der Waals surface area contributed by atoms with Crippen molar-refractivity contribution in [1.82, 2.24) is 24.8 Å². The number of aromatic nitrogens is 3. The SMILES string of the molecule is C=CCCOC(=O)[C@@H]1[C@@H]2CCC3(O2)C(C(=O)N(CC=C)Cn2nnc4ccccc42)N([C@@H](CC)CO)C(=O)[C@H]13. The lowest BCUT2D eigenvalue weighted by molar-refractivity contribution is -0.156. The predicted octanol–water partition coefficient (Wildman–Crippen LogP) is 1.67. The molecule has 1 N–H and O–H groups in total. The van der Waals surface area contributed by atoms with Crippen LogP contribution in [0.3, 0.4) is 0 Å². The summed E-state index contributed by atoms with van der Waals surface area (Å²) in [5.74, 6) is -2.87. The van der Waals surface area contributed by atoms with Gasteiger partial charge in [-0.3, -0.25) is 14.4 Å². The molecule has 1 spiro atoms. The van der Waals surface area contributed by atoms with E-state index in [2.05, 4.69) is 23.5 Å². The molecular formula is C28H35N5O6. The largest absolute Gasteiger partial charge is 0.465 e. The summed E-state index contributed by atoms with van der Waals surface area (Å²) >= 11 is 0. The van der Waals surface area contributed by atoms with Crippen LogP contribution in [-0.4, -0.2) is 91.2 Å². The molecule has 3 fully saturated rings. The van der Waals surface area contributed by atoms with Crippen molar-refractivity contribution in [3.63, 3.8) is 0 Å². The van der Waals surface area contributed by atoms with E-state index in [4.69, 9.17) is 9.47 Å². The molecule has 0 radical (unpaired) electrons. The molecule has 2 bridgehead atoms. The van der Waals surface area contributed by atoms with Crippen LogP contribution < -0.4 is 0 Å². The predicted molar refractivity (Wildman–Crippen MR) is 141 cm³/mol. The van der Waals surface area contributed by atoms with E-state index in [0.717, 1.165) is 5.52 Å². The second-order valence-corrected chi connectivity index (χ2v) is 10.4. The normalized spacial score (nSPS) is 27.9. The molecule has 0 saturated carbocycles. The van der Waals surface area contributed by atoms with Gasteiger partial charge >= 0.3 is 5.97 Å².